The summed E-state index contributed by atoms with van der Waals surface area (Å²) >= 11 is 0.922. The monoisotopic (exact) mass is 347 g/mol. The second-order valence-electron chi connectivity index (χ2n) is 4.74. The van der Waals surface area contributed by atoms with Gasteiger partial charge in [-0.05, 0) is 18.7 Å². The summed E-state index contributed by atoms with van der Waals surface area (Å²) in [4.78, 5) is 9.18. The molecule has 0 saturated heterocycles. The van der Waals surface area contributed by atoms with Crippen molar-refractivity contribution in [2.24, 2.45) is 5.73 Å². The van der Waals surface area contributed by atoms with Gasteiger partial charge in [-0.1, -0.05) is 0 Å². The molecule has 126 valence electrons. The normalized spacial score (nSPS) is 11.8. The molecule has 0 amide bonds. The Morgan fingerprint density at radius 3 is 2.48 bits per heavy atom. The molecule has 0 spiro atoms. The molecular weight excluding hydrogens is 331 g/mol. The standard InChI is InChI=1S/C12H16F3N7S/c1-4-22-9(6-16)19-20-11(22)23-10-17-7(12(13,14)15)5-8(18-10)21(2)3/h5H,4,6,16H2,1-3H3. The van der Waals surface area contributed by atoms with Crippen LogP contribution < -0.4 is 10.6 Å². The third-order valence-corrected chi connectivity index (χ3v) is 3.77. The molecule has 0 aliphatic rings. The Balaban J connectivity index is 2.43. The van der Waals surface area contributed by atoms with Crippen molar-refractivity contribution in [2.45, 2.75) is 36.5 Å². The molecule has 0 atom stereocenters. The van der Waals surface area contributed by atoms with E-state index in [-0.39, 0.29) is 17.5 Å². The van der Waals surface area contributed by atoms with Crippen molar-refractivity contribution in [3.63, 3.8) is 0 Å². The molecule has 2 heterocycles. The van der Waals surface area contributed by atoms with Gasteiger partial charge in [0.2, 0.25) is 0 Å². The molecule has 7 nitrogen and oxygen atoms in total. The third kappa shape index (κ3) is 3.91. The van der Waals surface area contributed by atoms with Crippen LogP contribution in [-0.2, 0) is 19.3 Å². The van der Waals surface area contributed by atoms with Crippen LogP contribution in [0.3, 0.4) is 0 Å². The summed E-state index contributed by atoms with van der Waals surface area (Å²) < 4.78 is 40.7. The molecule has 0 saturated carbocycles. The molecule has 0 aliphatic heterocycles. The van der Waals surface area contributed by atoms with Crippen LogP contribution in [0.5, 0.6) is 0 Å². The highest BCUT2D eigenvalue weighted by molar-refractivity contribution is 7.99. The summed E-state index contributed by atoms with van der Waals surface area (Å²) in [5.74, 6) is 0.714. The summed E-state index contributed by atoms with van der Waals surface area (Å²) in [5, 5.41) is 8.20. The minimum atomic E-state index is -4.55. The Bertz CT molecular complexity index is 684. The number of halogens is 3. The molecule has 0 aromatic carbocycles. The molecule has 2 rings (SSSR count). The highest BCUT2D eigenvalue weighted by Crippen LogP contribution is 2.32. The van der Waals surface area contributed by atoms with Crippen molar-refractivity contribution < 1.29 is 13.2 Å². The molecule has 0 radical (unpaired) electrons. The number of nitrogens with two attached hydrogens (primary N) is 1. The molecule has 2 aromatic rings. The second-order valence-corrected chi connectivity index (χ2v) is 5.67. The van der Waals surface area contributed by atoms with Gasteiger partial charge in [0.05, 0.1) is 6.54 Å². The number of hydrogen-bond acceptors (Lipinski definition) is 7. The zero-order valence-electron chi connectivity index (χ0n) is 12.8. The van der Waals surface area contributed by atoms with Crippen LogP contribution in [0.15, 0.2) is 16.4 Å². The van der Waals surface area contributed by atoms with Crippen molar-refractivity contribution in [3.8, 4) is 0 Å². The van der Waals surface area contributed by atoms with Gasteiger partial charge < -0.3 is 15.2 Å². The largest absolute Gasteiger partial charge is 0.433 e. The first-order valence-electron chi connectivity index (χ1n) is 6.69. The zero-order valence-corrected chi connectivity index (χ0v) is 13.6. The van der Waals surface area contributed by atoms with E-state index in [2.05, 4.69) is 20.2 Å². The Morgan fingerprint density at radius 1 is 1.26 bits per heavy atom. The minimum Gasteiger partial charge on any atom is -0.363 e. The number of anilines is 1. The van der Waals surface area contributed by atoms with Gasteiger partial charge in [-0.25, -0.2) is 9.97 Å². The Hall–Kier alpha value is -1.88. The molecular formula is C12H16F3N7S. The molecule has 0 fully saturated rings. The fraction of sp³-hybridized carbons (Fsp3) is 0.500. The van der Waals surface area contributed by atoms with E-state index >= 15 is 0 Å². The van der Waals surface area contributed by atoms with Crippen molar-refractivity contribution in [2.75, 3.05) is 19.0 Å². The maximum absolute atomic E-state index is 13.0. The summed E-state index contributed by atoms with van der Waals surface area (Å²) in [6.45, 7) is 2.60. The highest BCUT2D eigenvalue weighted by Gasteiger charge is 2.34. The predicted molar refractivity (Wildman–Crippen MR) is 79.1 cm³/mol. The summed E-state index contributed by atoms with van der Waals surface area (Å²) in [5.41, 5.74) is 4.56. The molecule has 2 aromatic heterocycles. The van der Waals surface area contributed by atoms with E-state index in [1.54, 1.807) is 18.7 Å². The van der Waals surface area contributed by atoms with Gasteiger partial charge in [-0.3, -0.25) is 0 Å². The zero-order chi connectivity index (χ0) is 17.2. The number of hydrogen-bond donors (Lipinski definition) is 1. The van der Waals surface area contributed by atoms with Crippen LogP contribution in [0, 0.1) is 0 Å². The van der Waals surface area contributed by atoms with E-state index in [0.717, 1.165) is 17.8 Å². The minimum absolute atomic E-state index is 0.0470. The number of aromatic nitrogens is 5. The quantitative estimate of drug-likeness (QED) is 0.825. The van der Waals surface area contributed by atoms with E-state index in [1.165, 1.54) is 4.90 Å². The number of alkyl halides is 3. The molecule has 0 bridgehead atoms. The van der Waals surface area contributed by atoms with Crippen LogP contribution in [0.25, 0.3) is 0 Å². The average molecular weight is 347 g/mol. The van der Waals surface area contributed by atoms with Crippen LogP contribution in [-0.4, -0.2) is 38.8 Å². The maximum atomic E-state index is 13.0. The van der Waals surface area contributed by atoms with Crippen LogP contribution in [0.2, 0.25) is 0 Å². The lowest BCUT2D eigenvalue weighted by atomic mass is 10.4. The van der Waals surface area contributed by atoms with Gasteiger partial charge in [0.15, 0.2) is 16.0 Å². The first-order chi connectivity index (χ1) is 10.8. The summed E-state index contributed by atoms with van der Waals surface area (Å²) in [6, 6.07) is 0.903. The van der Waals surface area contributed by atoms with Crippen LogP contribution in [0.4, 0.5) is 19.0 Å². The smallest absolute Gasteiger partial charge is 0.363 e. The molecule has 11 heteroatoms. The highest BCUT2D eigenvalue weighted by atomic mass is 32.2. The van der Waals surface area contributed by atoms with Crippen molar-refractivity contribution in [1.82, 2.24) is 24.7 Å². The van der Waals surface area contributed by atoms with E-state index in [9.17, 15) is 13.2 Å². The predicted octanol–water partition coefficient (Wildman–Crippen LogP) is 1.78. The van der Waals surface area contributed by atoms with Crippen LogP contribution >= 0.6 is 11.8 Å². The Kier molecular flexibility index (Phi) is 5.09. The Labute approximate surface area is 135 Å². The average Bonchev–Trinajstić information content (AvgIpc) is 2.87. The third-order valence-electron chi connectivity index (χ3n) is 2.92. The molecule has 0 aliphatic carbocycles. The number of nitrogens with zero attached hydrogens (tertiary/aromatic N) is 6. The van der Waals surface area contributed by atoms with E-state index < -0.39 is 11.9 Å². The van der Waals surface area contributed by atoms with E-state index in [4.69, 9.17) is 5.73 Å². The Morgan fingerprint density at radius 2 is 1.96 bits per heavy atom. The van der Waals surface area contributed by atoms with Crippen LogP contribution in [0.1, 0.15) is 18.4 Å². The topological polar surface area (TPSA) is 85.8 Å². The second kappa shape index (κ2) is 6.71. The molecule has 2 N–H and O–H groups in total. The van der Waals surface area contributed by atoms with E-state index in [1.807, 2.05) is 6.92 Å². The van der Waals surface area contributed by atoms with Crippen molar-refractivity contribution in [1.29, 1.82) is 0 Å². The van der Waals surface area contributed by atoms with Gasteiger partial charge in [-0.15, -0.1) is 10.2 Å². The van der Waals surface area contributed by atoms with Gasteiger partial charge in [-0.2, -0.15) is 13.2 Å². The van der Waals surface area contributed by atoms with Crippen molar-refractivity contribution >= 4 is 17.6 Å². The van der Waals surface area contributed by atoms with E-state index in [0.29, 0.717) is 17.5 Å². The summed E-state index contributed by atoms with van der Waals surface area (Å²) in [7, 11) is 3.22. The van der Waals surface area contributed by atoms with Gasteiger partial charge >= 0.3 is 6.18 Å². The fourth-order valence-corrected chi connectivity index (χ4v) is 2.65. The van der Waals surface area contributed by atoms with Gasteiger partial charge in [0.25, 0.3) is 0 Å². The SMILES string of the molecule is CCn1c(CN)nnc1Sc1nc(N(C)C)cc(C(F)(F)F)n1. The lowest BCUT2D eigenvalue weighted by Crippen LogP contribution is -2.16. The first-order valence-corrected chi connectivity index (χ1v) is 7.51. The van der Waals surface area contributed by atoms with Gasteiger partial charge in [0.1, 0.15) is 11.6 Å². The van der Waals surface area contributed by atoms with Crippen molar-refractivity contribution in [3.05, 3.63) is 17.6 Å². The number of rotatable bonds is 5. The lowest BCUT2D eigenvalue weighted by molar-refractivity contribution is -0.141. The fourth-order valence-electron chi connectivity index (χ4n) is 1.78. The molecule has 23 heavy (non-hydrogen) atoms. The van der Waals surface area contributed by atoms with Gasteiger partial charge in [0, 0.05) is 26.7 Å². The first kappa shape index (κ1) is 17.5. The summed E-state index contributed by atoms with van der Waals surface area (Å²) in [6.07, 6.45) is -4.55. The molecule has 0 unspecified atom stereocenters. The maximum Gasteiger partial charge on any atom is 0.433 e. The lowest BCUT2D eigenvalue weighted by Gasteiger charge is -2.15.